The van der Waals surface area contributed by atoms with E-state index in [1.54, 1.807) is 24.3 Å². The Balaban J connectivity index is 1.61. The van der Waals surface area contributed by atoms with Crippen LogP contribution < -0.4 is 5.32 Å². The smallest absolute Gasteiger partial charge is 0.291 e. The maximum atomic E-state index is 12.6. The fourth-order valence-corrected chi connectivity index (χ4v) is 3.79. The van der Waals surface area contributed by atoms with Crippen LogP contribution in [0.5, 0.6) is 0 Å². The normalized spacial score (nSPS) is 18.0. The molecule has 0 aromatic carbocycles. The van der Waals surface area contributed by atoms with E-state index in [2.05, 4.69) is 15.3 Å². The molecule has 1 fully saturated rings. The Morgan fingerprint density at radius 1 is 1.24 bits per heavy atom. The summed E-state index contributed by atoms with van der Waals surface area (Å²) in [4.78, 5) is 35.7. The van der Waals surface area contributed by atoms with E-state index in [9.17, 15) is 9.59 Å². The molecule has 0 radical (unpaired) electrons. The number of aryl methyl sites for hydroxylation is 3. The second-order valence-corrected chi connectivity index (χ2v) is 7.16. The molecule has 2 aromatic heterocycles. The molecule has 1 atom stereocenters. The first-order valence-electron chi connectivity index (χ1n) is 8.40. The van der Waals surface area contributed by atoms with Crippen LogP contribution in [0.1, 0.15) is 56.8 Å². The minimum Gasteiger partial charge on any atom is -0.436 e. The summed E-state index contributed by atoms with van der Waals surface area (Å²) in [6.45, 7) is 6.59. The molecule has 1 N–H and O–H groups in total. The van der Waals surface area contributed by atoms with E-state index in [1.165, 1.54) is 11.3 Å². The van der Waals surface area contributed by atoms with Gasteiger partial charge in [0.15, 0.2) is 5.89 Å². The molecule has 7 nitrogen and oxygen atoms in total. The van der Waals surface area contributed by atoms with Gasteiger partial charge in [0.1, 0.15) is 4.88 Å². The number of rotatable bonds is 3. The zero-order chi connectivity index (χ0) is 18.0. The molecule has 0 bridgehead atoms. The van der Waals surface area contributed by atoms with Gasteiger partial charge in [-0.3, -0.25) is 9.59 Å². The van der Waals surface area contributed by atoms with Crippen LogP contribution in [-0.2, 0) is 0 Å². The number of hydrogen-bond acceptors (Lipinski definition) is 6. The third-order valence-electron chi connectivity index (χ3n) is 4.40. The standard InChI is InChI=1S/C17H22N4O3S/c1-10-14(24-12(3)19-10)17(23)21-7-4-5-13(6-8-21)20-16(22)15-11(2)18-9-25-15/h9,13H,4-8H2,1-3H3,(H,20,22)/t13-/m1/s1. The lowest BCUT2D eigenvalue weighted by Crippen LogP contribution is -2.36. The van der Waals surface area contributed by atoms with Gasteiger partial charge in [-0.1, -0.05) is 0 Å². The van der Waals surface area contributed by atoms with E-state index in [4.69, 9.17) is 4.42 Å². The van der Waals surface area contributed by atoms with E-state index >= 15 is 0 Å². The van der Waals surface area contributed by atoms with Crippen LogP contribution in [0, 0.1) is 20.8 Å². The predicted molar refractivity (Wildman–Crippen MR) is 93.8 cm³/mol. The predicted octanol–water partition coefficient (Wildman–Crippen LogP) is 2.48. The van der Waals surface area contributed by atoms with Gasteiger partial charge in [-0.05, 0) is 33.1 Å². The number of hydrogen-bond donors (Lipinski definition) is 1. The number of nitrogens with zero attached hydrogens (tertiary/aromatic N) is 3. The van der Waals surface area contributed by atoms with Gasteiger partial charge in [0.25, 0.3) is 11.8 Å². The minimum absolute atomic E-state index is 0.0596. The first kappa shape index (κ1) is 17.6. The maximum Gasteiger partial charge on any atom is 0.291 e. The molecule has 1 saturated heterocycles. The zero-order valence-corrected chi connectivity index (χ0v) is 15.5. The van der Waals surface area contributed by atoms with Gasteiger partial charge in [0, 0.05) is 26.1 Å². The maximum absolute atomic E-state index is 12.6. The molecule has 0 spiro atoms. The summed E-state index contributed by atoms with van der Waals surface area (Å²) in [5.74, 6) is 0.621. The minimum atomic E-state index is -0.122. The summed E-state index contributed by atoms with van der Waals surface area (Å²) in [6.07, 6.45) is 2.41. The van der Waals surface area contributed by atoms with E-state index < -0.39 is 0 Å². The number of carbonyl (C=O) groups excluding carboxylic acids is 2. The fraction of sp³-hybridized carbons (Fsp3) is 0.529. The largest absolute Gasteiger partial charge is 0.436 e. The van der Waals surface area contributed by atoms with Crippen molar-refractivity contribution in [1.29, 1.82) is 0 Å². The highest BCUT2D eigenvalue weighted by molar-refractivity contribution is 7.11. The van der Waals surface area contributed by atoms with Crippen molar-refractivity contribution in [3.63, 3.8) is 0 Å². The molecule has 3 rings (SSSR count). The van der Waals surface area contributed by atoms with Crippen molar-refractivity contribution in [3.05, 3.63) is 33.4 Å². The van der Waals surface area contributed by atoms with Crippen LogP contribution in [0.25, 0.3) is 0 Å². The van der Waals surface area contributed by atoms with Gasteiger partial charge in [-0.25, -0.2) is 9.97 Å². The van der Waals surface area contributed by atoms with Gasteiger partial charge >= 0.3 is 0 Å². The number of amides is 2. The molecule has 2 amide bonds. The Labute approximate surface area is 150 Å². The van der Waals surface area contributed by atoms with Gasteiger partial charge in [-0.15, -0.1) is 11.3 Å². The van der Waals surface area contributed by atoms with Crippen LogP contribution in [0.2, 0.25) is 0 Å². The van der Waals surface area contributed by atoms with Crippen LogP contribution in [0.4, 0.5) is 0 Å². The summed E-state index contributed by atoms with van der Waals surface area (Å²) in [5.41, 5.74) is 3.06. The monoisotopic (exact) mass is 362 g/mol. The lowest BCUT2D eigenvalue weighted by Gasteiger charge is -2.20. The van der Waals surface area contributed by atoms with Crippen LogP contribution in [0.3, 0.4) is 0 Å². The highest BCUT2D eigenvalue weighted by Crippen LogP contribution is 2.18. The number of nitrogens with one attached hydrogen (secondary N) is 1. The average molecular weight is 362 g/mol. The number of likely N-dealkylation sites (tertiary alicyclic amines) is 1. The van der Waals surface area contributed by atoms with Crippen molar-refractivity contribution in [2.24, 2.45) is 0 Å². The van der Waals surface area contributed by atoms with Crippen LogP contribution in [0.15, 0.2) is 9.93 Å². The second kappa shape index (κ2) is 7.35. The highest BCUT2D eigenvalue weighted by Gasteiger charge is 2.26. The highest BCUT2D eigenvalue weighted by atomic mass is 32.1. The zero-order valence-electron chi connectivity index (χ0n) is 14.7. The fourth-order valence-electron chi connectivity index (χ4n) is 3.09. The molecule has 1 aliphatic heterocycles. The van der Waals surface area contributed by atoms with Crippen molar-refractivity contribution in [2.75, 3.05) is 13.1 Å². The van der Waals surface area contributed by atoms with Crippen molar-refractivity contribution >= 4 is 23.2 Å². The Morgan fingerprint density at radius 3 is 2.68 bits per heavy atom. The lowest BCUT2D eigenvalue weighted by molar-refractivity contribution is 0.0726. The first-order valence-corrected chi connectivity index (χ1v) is 9.28. The summed E-state index contributed by atoms with van der Waals surface area (Å²) >= 11 is 1.35. The molecule has 25 heavy (non-hydrogen) atoms. The molecule has 0 saturated carbocycles. The topological polar surface area (TPSA) is 88.3 Å². The summed E-state index contributed by atoms with van der Waals surface area (Å²) < 4.78 is 5.45. The van der Waals surface area contributed by atoms with Gasteiger partial charge in [0.2, 0.25) is 5.76 Å². The summed E-state index contributed by atoms with van der Waals surface area (Å²) in [7, 11) is 0. The van der Waals surface area contributed by atoms with E-state index in [-0.39, 0.29) is 17.9 Å². The Kier molecular flexibility index (Phi) is 5.17. The third-order valence-corrected chi connectivity index (χ3v) is 5.33. The summed E-state index contributed by atoms with van der Waals surface area (Å²) in [6, 6.07) is 0.0596. The lowest BCUT2D eigenvalue weighted by atomic mass is 10.1. The second-order valence-electron chi connectivity index (χ2n) is 6.31. The Morgan fingerprint density at radius 2 is 2.04 bits per heavy atom. The molecule has 0 unspecified atom stereocenters. The number of oxazole rings is 1. The molecular formula is C17H22N4O3S. The van der Waals surface area contributed by atoms with Crippen LogP contribution >= 0.6 is 11.3 Å². The molecule has 3 heterocycles. The van der Waals surface area contributed by atoms with E-state index in [1.807, 2.05) is 6.92 Å². The van der Waals surface area contributed by atoms with E-state index in [0.717, 1.165) is 25.0 Å². The first-order chi connectivity index (χ1) is 12.0. The molecular weight excluding hydrogens is 340 g/mol. The average Bonchev–Trinajstić information content (AvgIpc) is 3.05. The molecule has 0 aliphatic carbocycles. The number of thiazole rings is 1. The van der Waals surface area contributed by atoms with Crippen molar-refractivity contribution in [1.82, 2.24) is 20.2 Å². The quantitative estimate of drug-likeness (QED) is 0.906. The molecule has 134 valence electrons. The Bertz CT molecular complexity index is 783. The van der Waals surface area contributed by atoms with Gasteiger partial charge in [-0.2, -0.15) is 0 Å². The van der Waals surface area contributed by atoms with Gasteiger partial charge < -0.3 is 14.6 Å². The molecule has 1 aliphatic rings. The van der Waals surface area contributed by atoms with Crippen molar-refractivity contribution in [3.8, 4) is 0 Å². The van der Waals surface area contributed by atoms with Crippen LogP contribution in [-0.4, -0.2) is 45.8 Å². The van der Waals surface area contributed by atoms with Crippen molar-refractivity contribution in [2.45, 2.75) is 46.1 Å². The SMILES string of the molecule is Cc1nc(C)c(C(=O)N2CCC[C@@H](NC(=O)c3scnc3C)CC2)o1. The third kappa shape index (κ3) is 3.89. The number of carbonyl (C=O) groups is 2. The van der Waals surface area contributed by atoms with Gasteiger partial charge in [0.05, 0.1) is 16.9 Å². The summed E-state index contributed by atoms with van der Waals surface area (Å²) in [5, 5.41) is 3.07. The van der Waals surface area contributed by atoms with E-state index in [0.29, 0.717) is 35.3 Å². The number of aromatic nitrogens is 2. The van der Waals surface area contributed by atoms with Crippen molar-refractivity contribution < 1.29 is 14.0 Å². The Hall–Kier alpha value is -2.22. The molecule has 2 aromatic rings. The molecule has 8 heteroatoms.